The van der Waals surface area contributed by atoms with Crippen molar-refractivity contribution in [2.75, 3.05) is 0 Å². The highest BCUT2D eigenvalue weighted by atomic mass is 16.3. The van der Waals surface area contributed by atoms with Crippen molar-refractivity contribution >= 4 is 131 Å². The first-order chi connectivity index (χ1) is 69.2. The lowest BCUT2D eigenvalue weighted by Crippen LogP contribution is -2.15. The maximum absolute atomic E-state index is 6.57. The molecule has 666 valence electrons. The van der Waals surface area contributed by atoms with Gasteiger partial charge in [-0.3, -0.25) is 0 Å². The zero-order valence-electron chi connectivity index (χ0n) is 78.9. The van der Waals surface area contributed by atoms with Gasteiger partial charge >= 0.3 is 0 Å². The second kappa shape index (κ2) is 31.2. The number of aromatic nitrogens is 3. The second-order valence-corrected chi connectivity index (χ2v) is 40.1. The van der Waals surface area contributed by atoms with Gasteiger partial charge in [0.25, 0.3) is 0 Å². The Hall–Kier alpha value is -17.6. The van der Waals surface area contributed by atoms with E-state index < -0.39 is 0 Å². The molecule has 141 heavy (non-hydrogen) atoms. The molecule has 6 heterocycles. The smallest absolute Gasteiger partial charge is 0.140 e. The van der Waals surface area contributed by atoms with Gasteiger partial charge in [-0.25, -0.2) is 0 Å². The monoisotopic (exact) mass is 1800 g/mol. The molecule has 6 heteroatoms. The van der Waals surface area contributed by atoms with Gasteiger partial charge in [0, 0.05) is 104 Å². The van der Waals surface area contributed by atoms with Gasteiger partial charge in [0.15, 0.2) is 0 Å². The number of hydrogen-bond acceptors (Lipinski definition) is 3. The highest BCUT2D eigenvalue weighted by Crippen LogP contribution is 2.58. The van der Waals surface area contributed by atoms with Crippen LogP contribution in [0.2, 0.25) is 0 Å². The average molecular weight is 1810 g/mol. The van der Waals surface area contributed by atoms with E-state index in [-0.39, 0.29) is 16.2 Å². The van der Waals surface area contributed by atoms with Crippen molar-refractivity contribution in [3.8, 4) is 117 Å². The van der Waals surface area contributed by atoms with Crippen molar-refractivity contribution in [2.24, 2.45) is 0 Å². The summed E-state index contributed by atoms with van der Waals surface area (Å²) in [5.41, 5.74) is 46.4. The number of fused-ring (bicyclic) bond motifs is 29. The Balaban J connectivity index is 0.000000104. The van der Waals surface area contributed by atoms with Crippen molar-refractivity contribution in [3.63, 3.8) is 0 Å². The number of hydrogen-bond donors (Lipinski definition) is 0. The summed E-state index contributed by atoms with van der Waals surface area (Å²) in [7, 11) is 0. The van der Waals surface area contributed by atoms with E-state index in [2.05, 4.69) is 504 Å². The summed E-state index contributed by atoms with van der Waals surface area (Å²) in [4.78, 5) is 0. The largest absolute Gasteiger partial charge is 0.456 e. The van der Waals surface area contributed by atoms with E-state index in [4.69, 9.17) is 13.3 Å². The van der Waals surface area contributed by atoms with E-state index in [1.807, 2.05) is 6.07 Å². The van der Waals surface area contributed by atoms with Gasteiger partial charge in [0.1, 0.15) is 33.5 Å². The molecule has 0 saturated carbocycles. The zero-order valence-corrected chi connectivity index (χ0v) is 78.9. The lowest BCUT2D eigenvalue weighted by Gasteiger charge is -2.21. The van der Waals surface area contributed by atoms with Crippen LogP contribution in [0.15, 0.2) is 468 Å². The Morgan fingerprint density at radius 1 is 0.170 bits per heavy atom. The standard InChI is InChI=1S/3C45H31NO/c1-45(2)39-22-19-32(27-36(39)34-20-21-35-33-15-9-10-16-42(33)47-44(35)43(34)45)46-40-23-17-30(28-11-5-3-6-12-28)25-37(40)38-26-31(18-24-41(38)46)29-13-7-4-8-14-29;1-45(2)37-20-19-32(27-36(37)43-38(45)21-24-42-44(43)33-15-9-10-16-41(33)47-42)46-39-22-17-30(28-11-5-3-6-12-28)25-34(39)35-26-31(18-23-40(35)46)29-13-7-4-8-14-29;1-45(2)39-20-19-32(25-34(39)35-26-38-33-15-9-10-16-43(33)47-44(38)27-40(35)45)46-41-21-17-30(28-11-5-3-6-12-28)23-36(41)37-24-31(18-22-42(37)46)29-13-7-4-8-14-29/h3*3-27H,1-2H3. The quantitative estimate of drug-likeness (QED) is 0.145. The van der Waals surface area contributed by atoms with Crippen LogP contribution in [0.3, 0.4) is 0 Å². The van der Waals surface area contributed by atoms with Gasteiger partial charge in [0.05, 0.1) is 33.1 Å². The molecule has 3 aliphatic carbocycles. The van der Waals surface area contributed by atoms with Crippen LogP contribution in [-0.4, -0.2) is 13.7 Å². The first-order valence-electron chi connectivity index (χ1n) is 49.1. The molecule has 6 nitrogen and oxygen atoms in total. The SMILES string of the molecule is CC1(C)c2ccc(-n3c4ccc(-c5ccccc5)cc4c4cc(-c5ccccc5)ccc43)cc2-c2c1ccc1oc3ccccc3c21.CC1(C)c2ccc(-n3c4ccc(-c5ccccc5)cc4c4cc(-c5ccccc5)ccc43)cc2-c2cc3c(cc21)oc1ccccc13.CC1(C)c2ccc(-n3c4ccc(-c5ccccc5)cc4c4cc(-c5ccccc5)ccc43)cc2-c2ccc3c(oc4ccccc43)c21. The summed E-state index contributed by atoms with van der Waals surface area (Å²) >= 11 is 0. The first-order valence-corrected chi connectivity index (χ1v) is 49.1. The van der Waals surface area contributed by atoms with Gasteiger partial charge < -0.3 is 27.0 Å². The van der Waals surface area contributed by atoms with E-state index in [0.717, 1.165) is 44.9 Å². The molecule has 0 saturated heterocycles. The Labute approximate surface area is 815 Å². The Morgan fingerprint density at radius 2 is 0.475 bits per heavy atom. The number of rotatable bonds is 9. The summed E-state index contributed by atoms with van der Waals surface area (Å²) in [5, 5.41) is 14.6. The molecule has 0 N–H and O–H groups in total. The lowest BCUT2D eigenvalue weighted by molar-refractivity contribution is 0.620. The van der Waals surface area contributed by atoms with Gasteiger partial charge in [-0.15, -0.1) is 0 Å². The van der Waals surface area contributed by atoms with Crippen molar-refractivity contribution in [2.45, 2.75) is 57.8 Å². The molecular weight excluding hydrogens is 1710 g/mol. The number of benzene rings is 21. The molecular formula is C135H93N3O3. The average Bonchev–Trinajstić information content (AvgIpc) is 1.55. The molecule has 0 fully saturated rings. The Morgan fingerprint density at radius 3 is 0.879 bits per heavy atom. The van der Waals surface area contributed by atoms with Crippen LogP contribution in [0.4, 0.5) is 0 Å². The normalized spacial score (nSPS) is 13.5. The van der Waals surface area contributed by atoms with Crippen LogP contribution < -0.4 is 0 Å². The fraction of sp³-hybridized carbons (Fsp3) is 0.0667. The maximum atomic E-state index is 6.57. The lowest BCUT2D eigenvalue weighted by atomic mass is 9.81. The van der Waals surface area contributed by atoms with Crippen molar-refractivity contribution in [1.29, 1.82) is 0 Å². The van der Waals surface area contributed by atoms with E-state index in [9.17, 15) is 0 Å². The maximum Gasteiger partial charge on any atom is 0.140 e. The predicted molar refractivity (Wildman–Crippen MR) is 589 cm³/mol. The van der Waals surface area contributed by atoms with Crippen molar-refractivity contribution < 1.29 is 13.3 Å². The fourth-order valence-corrected chi connectivity index (χ4v) is 24.3. The van der Waals surface area contributed by atoms with Crippen molar-refractivity contribution in [1.82, 2.24) is 13.7 Å². The van der Waals surface area contributed by atoms with Crippen LogP contribution in [0, 0.1) is 0 Å². The van der Waals surface area contributed by atoms with Gasteiger partial charge in [-0.05, 0) is 280 Å². The van der Waals surface area contributed by atoms with E-state index in [1.54, 1.807) is 0 Å². The molecule has 0 aliphatic heterocycles. The minimum absolute atomic E-state index is 0.119. The Kier molecular flexibility index (Phi) is 18.1. The van der Waals surface area contributed by atoms with Crippen LogP contribution in [0.25, 0.3) is 248 Å². The third-order valence-corrected chi connectivity index (χ3v) is 31.2. The number of furan rings is 3. The molecule has 6 aromatic heterocycles. The highest BCUT2D eigenvalue weighted by molar-refractivity contribution is 6.19. The minimum Gasteiger partial charge on any atom is -0.456 e. The minimum atomic E-state index is -0.188. The molecule has 0 radical (unpaired) electrons. The van der Waals surface area contributed by atoms with Gasteiger partial charge in [0.2, 0.25) is 0 Å². The molecule has 0 unspecified atom stereocenters. The first kappa shape index (κ1) is 81.7. The molecule has 3 aliphatic rings. The third-order valence-electron chi connectivity index (χ3n) is 31.2. The van der Waals surface area contributed by atoms with Gasteiger partial charge in [-0.1, -0.05) is 345 Å². The van der Waals surface area contributed by atoms with Crippen LogP contribution >= 0.6 is 0 Å². The van der Waals surface area contributed by atoms with Gasteiger partial charge in [-0.2, -0.15) is 0 Å². The highest BCUT2D eigenvalue weighted by Gasteiger charge is 2.42. The number of para-hydroxylation sites is 3. The van der Waals surface area contributed by atoms with E-state index >= 15 is 0 Å². The summed E-state index contributed by atoms with van der Waals surface area (Å²) in [6.45, 7) is 14.0. The van der Waals surface area contributed by atoms with Crippen LogP contribution in [-0.2, 0) is 16.2 Å². The van der Waals surface area contributed by atoms with Crippen molar-refractivity contribution in [3.05, 3.63) is 488 Å². The topological polar surface area (TPSA) is 54.2 Å². The second-order valence-electron chi connectivity index (χ2n) is 40.1. The van der Waals surface area contributed by atoms with Crippen LogP contribution in [0.1, 0.15) is 74.9 Å². The van der Waals surface area contributed by atoms with E-state index in [0.29, 0.717) is 0 Å². The predicted octanol–water partition coefficient (Wildman–Crippen LogP) is 37.0. The summed E-state index contributed by atoms with van der Waals surface area (Å²) in [5.74, 6) is 0. The Bertz CT molecular complexity index is 9580. The molecule has 0 amide bonds. The van der Waals surface area contributed by atoms with Crippen LogP contribution in [0.5, 0.6) is 0 Å². The van der Waals surface area contributed by atoms with E-state index in [1.165, 1.54) is 237 Å². The molecule has 27 aromatic rings. The molecule has 30 rings (SSSR count). The molecule has 0 bridgehead atoms. The summed E-state index contributed by atoms with van der Waals surface area (Å²) in [6, 6.07) is 166. The molecule has 0 spiro atoms. The molecule has 0 atom stereocenters. The number of nitrogens with zero attached hydrogens (tertiary/aromatic N) is 3. The zero-order chi connectivity index (χ0) is 93.8. The third kappa shape index (κ3) is 12.7. The molecule has 21 aromatic carbocycles. The summed E-state index contributed by atoms with van der Waals surface area (Å²) < 4.78 is 26.6. The summed E-state index contributed by atoms with van der Waals surface area (Å²) in [6.07, 6.45) is 0. The fourth-order valence-electron chi connectivity index (χ4n) is 24.3.